The average Bonchev–Trinajstić information content (AvgIpc) is 2.72. The molecule has 0 bridgehead atoms. The Morgan fingerprint density at radius 1 is 1.19 bits per heavy atom. The SMILES string of the molecule is Cc1nn(C(=O)c2ccc(OCC(C)C)cc2)c(C)c1C. The third kappa shape index (κ3) is 3.32. The topological polar surface area (TPSA) is 44.1 Å². The Hall–Kier alpha value is -2.10. The van der Waals surface area contributed by atoms with Crippen molar-refractivity contribution in [1.82, 2.24) is 9.78 Å². The maximum atomic E-state index is 12.5. The van der Waals surface area contributed by atoms with Gasteiger partial charge in [0.05, 0.1) is 12.3 Å². The fourth-order valence-electron chi connectivity index (χ4n) is 2.00. The minimum atomic E-state index is -0.112. The van der Waals surface area contributed by atoms with Gasteiger partial charge in [-0.3, -0.25) is 4.79 Å². The Labute approximate surface area is 125 Å². The van der Waals surface area contributed by atoms with E-state index in [2.05, 4.69) is 18.9 Å². The first-order valence-electron chi connectivity index (χ1n) is 7.20. The van der Waals surface area contributed by atoms with Crippen molar-refractivity contribution in [2.75, 3.05) is 6.61 Å². The lowest BCUT2D eigenvalue weighted by Crippen LogP contribution is -2.15. The van der Waals surface area contributed by atoms with Gasteiger partial charge < -0.3 is 4.74 Å². The lowest BCUT2D eigenvalue weighted by molar-refractivity contribution is 0.0942. The number of rotatable bonds is 4. The number of hydrogen-bond acceptors (Lipinski definition) is 3. The van der Waals surface area contributed by atoms with Gasteiger partial charge in [-0.15, -0.1) is 0 Å². The summed E-state index contributed by atoms with van der Waals surface area (Å²) < 4.78 is 7.09. The molecule has 0 aliphatic heterocycles. The second kappa shape index (κ2) is 6.12. The van der Waals surface area contributed by atoms with Crippen molar-refractivity contribution in [2.24, 2.45) is 5.92 Å². The number of hydrogen-bond donors (Lipinski definition) is 0. The van der Waals surface area contributed by atoms with Crippen LogP contribution in [0, 0.1) is 26.7 Å². The van der Waals surface area contributed by atoms with E-state index in [9.17, 15) is 4.79 Å². The third-order valence-electron chi connectivity index (χ3n) is 3.53. The van der Waals surface area contributed by atoms with E-state index in [1.165, 1.54) is 4.68 Å². The molecule has 0 aliphatic carbocycles. The summed E-state index contributed by atoms with van der Waals surface area (Å²) in [5, 5.41) is 4.30. The Balaban J connectivity index is 2.18. The number of ether oxygens (including phenoxy) is 1. The van der Waals surface area contributed by atoms with E-state index in [1.54, 1.807) is 12.1 Å². The van der Waals surface area contributed by atoms with Crippen LogP contribution in [0.25, 0.3) is 0 Å². The van der Waals surface area contributed by atoms with Crippen LogP contribution >= 0.6 is 0 Å². The van der Waals surface area contributed by atoms with Gasteiger partial charge in [0.2, 0.25) is 0 Å². The van der Waals surface area contributed by atoms with Crippen LogP contribution in [-0.4, -0.2) is 22.3 Å². The second-order valence-corrected chi connectivity index (χ2v) is 5.74. The standard InChI is InChI=1S/C17H22N2O2/c1-11(2)10-21-16-8-6-15(7-9-16)17(20)19-14(5)12(3)13(4)18-19/h6-9,11H,10H2,1-5H3. The number of benzene rings is 1. The predicted octanol–water partition coefficient (Wildman–Crippen LogP) is 3.53. The number of aryl methyl sites for hydroxylation is 1. The molecule has 1 aromatic heterocycles. The molecule has 0 aliphatic rings. The monoisotopic (exact) mass is 286 g/mol. The summed E-state index contributed by atoms with van der Waals surface area (Å²) >= 11 is 0. The molecule has 2 aromatic rings. The van der Waals surface area contributed by atoms with Crippen LogP contribution in [0.5, 0.6) is 5.75 Å². The molecule has 4 nitrogen and oxygen atoms in total. The molecule has 112 valence electrons. The summed E-state index contributed by atoms with van der Waals surface area (Å²) in [4.78, 5) is 12.5. The first-order valence-corrected chi connectivity index (χ1v) is 7.20. The van der Waals surface area contributed by atoms with Crippen molar-refractivity contribution in [1.29, 1.82) is 0 Å². The Morgan fingerprint density at radius 2 is 1.81 bits per heavy atom. The Morgan fingerprint density at radius 3 is 2.29 bits per heavy atom. The molecule has 1 heterocycles. The summed E-state index contributed by atoms with van der Waals surface area (Å²) in [6.45, 7) is 10.7. The molecular formula is C17H22N2O2. The summed E-state index contributed by atoms with van der Waals surface area (Å²) in [6, 6.07) is 7.22. The van der Waals surface area contributed by atoms with Gasteiger partial charge in [0.25, 0.3) is 5.91 Å². The van der Waals surface area contributed by atoms with Crippen LogP contribution in [0.2, 0.25) is 0 Å². The molecule has 4 heteroatoms. The molecule has 0 saturated heterocycles. The van der Waals surface area contributed by atoms with Crippen LogP contribution in [0.15, 0.2) is 24.3 Å². The first kappa shape index (κ1) is 15.3. The van der Waals surface area contributed by atoms with Gasteiger partial charge in [-0.25, -0.2) is 4.68 Å². The summed E-state index contributed by atoms with van der Waals surface area (Å²) in [5.74, 6) is 1.15. The van der Waals surface area contributed by atoms with Crippen molar-refractivity contribution >= 4 is 5.91 Å². The third-order valence-corrected chi connectivity index (χ3v) is 3.53. The molecule has 0 fully saturated rings. The molecular weight excluding hydrogens is 264 g/mol. The zero-order valence-corrected chi connectivity index (χ0v) is 13.3. The van der Waals surface area contributed by atoms with Crippen LogP contribution in [0.3, 0.4) is 0 Å². The number of nitrogens with zero attached hydrogens (tertiary/aromatic N) is 2. The molecule has 0 radical (unpaired) electrons. The van der Waals surface area contributed by atoms with Crippen molar-refractivity contribution in [3.05, 3.63) is 46.8 Å². The van der Waals surface area contributed by atoms with Gasteiger partial charge in [-0.05, 0) is 56.5 Å². The zero-order chi connectivity index (χ0) is 15.6. The van der Waals surface area contributed by atoms with E-state index in [0.29, 0.717) is 18.1 Å². The average molecular weight is 286 g/mol. The van der Waals surface area contributed by atoms with Gasteiger partial charge in [0, 0.05) is 11.3 Å². The Kier molecular flexibility index (Phi) is 4.46. The minimum absolute atomic E-state index is 0.112. The van der Waals surface area contributed by atoms with Gasteiger partial charge in [0.1, 0.15) is 5.75 Å². The highest BCUT2D eigenvalue weighted by Crippen LogP contribution is 2.16. The van der Waals surface area contributed by atoms with Crippen LogP contribution < -0.4 is 4.74 Å². The fourth-order valence-corrected chi connectivity index (χ4v) is 2.00. The van der Waals surface area contributed by atoms with Crippen molar-refractivity contribution in [3.8, 4) is 5.75 Å². The molecule has 0 N–H and O–H groups in total. The van der Waals surface area contributed by atoms with E-state index < -0.39 is 0 Å². The van der Waals surface area contributed by atoms with E-state index >= 15 is 0 Å². The lowest BCUT2D eigenvalue weighted by Gasteiger charge is -2.09. The molecule has 0 spiro atoms. The quantitative estimate of drug-likeness (QED) is 0.863. The fraction of sp³-hybridized carbons (Fsp3) is 0.412. The second-order valence-electron chi connectivity index (χ2n) is 5.74. The number of carbonyl (C=O) groups is 1. The molecule has 0 unspecified atom stereocenters. The maximum Gasteiger partial charge on any atom is 0.278 e. The first-order chi connectivity index (χ1) is 9.90. The van der Waals surface area contributed by atoms with Crippen molar-refractivity contribution in [3.63, 3.8) is 0 Å². The molecule has 0 amide bonds. The highest BCUT2D eigenvalue weighted by Gasteiger charge is 2.15. The zero-order valence-electron chi connectivity index (χ0n) is 13.3. The van der Waals surface area contributed by atoms with E-state index in [1.807, 2.05) is 32.9 Å². The van der Waals surface area contributed by atoms with E-state index in [-0.39, 0.29) is 5.91 Å². The van der Waals surface area contributed by atoms with Crippen molar-refractivity contribution < 1.29 is 9.53 Å². The van der Waals surface area contributed by atoms with Crippen molar-refractivity contribution in [2.45, 2.75) is 34.6 Å². The number of carbonyl (C=O) groups excluding carboxylic acids is 1. The van der Waals surface area contributed by atoms with Crippen LogP contribution in [0.4, 0.5) is 0 Å². The molecule has 0 atom stereocenters. The van der Waals surface area contributed by atoms with Gasteiger partial charge >= 0.3 is 0 Å². The summed E-state index contributed by atoms with van der Waals surface area (Å²) in [7, 11) is 0. The maximum absolute atomic E-state index is 12.5. The molecule has 0 saturated carbocycles. The highest BCUT2D eigenvalue weighted by atomic mass is 16.5. The van der Waals surface area contributed by atoms with Crippen LogP contribution in [0.1, 0.15) is 41.2 Å². The normalized spacial score (nSPS) is 11.0. The van der Waals surface area contributed by atoms with Gasteiger partial charge in [-0.2, -0.15) is 5.10 Å². The minimum Gasteiger partial charge on any atom is -0.493 e. The Bertz CT molecular complexity index is 640. The summed E-state index contributed by atoms with van der Waals surface area (Å²) in [5.41, 5.74) is 3.44. The van der Waals surface area contributed by atoms with Crippen LogP contribution in [-0.2, 0) is 0 Å². The smallest absolute Gasteiger partial charge is 0.278 e. The highest BCUT2D eigenvalue weighted by molar-refractivity contribution is 5.96. The summed E-state index contributed by atoms with van der Waals surface area (Å²) in [6.07, 6.45) is 0. The van der Waals surface area contributed by atoms with E-state index in [0.717, 1.165) is 22.7 Å². The predicted molar refractivity (Wildman–Crippen MR) is 82.9 cm³/mol. The molecule has 1 aromatic carbocycles. The van der Waals surface area contributed by atoms with Gasteiger partial charge in [0.15, 0.2) is 0 Å². The molecule has 2 rings (SSSR count). The lowest BCUT2D eigenvalue weighted by atomic mass is 10.2. The van der Waals surface area contributed by atoms with E-state index in [4.69, 9.17) is 4.74 Å². The molecule has 21 heavy (non-hydrogen) atoms. The number of aromatic nitrogens is 2. The largest absolute Gasteiger partial charge is 0.493 e. The van der Waals surface area contributed by atoms with Gasteiger partial charge in [-0.1, -0.05) is 13.8 Å².